The predicted octanol–water partition coefficient (Wildman–Crippen LogP) is 3.25. The molecule has 94 valence electrons. The molecule has 2 aromatic carbocycles. The molecule has 2 aromatic rings. The fraction of sp³-hybridized carbons (Fsp3) is 0.0667. The van der Waals surface area contributed by atoms with Crippen LogP contribution in [0, 0.1) is 22.5 Å². The van der Waals surface area contributed by atoms with Crippen molar-refractivity contribution in [3.8, 4) is 29.2 Å². The summed E-state index contributed by atoms with van der Waals surface area (Å²) in [4.78, 5) is 10.3. The van der Waals surface area contributed by atoms with Crippen LogP contribution in [0.4, 0.5) is 5.69 Å². The third-order valence-electron chi connectivity index (χ3n) is 2.75. The number of nitro benzene ring substituents is 1. The zero-order valence-corrected chi connectivity index (χ0v) is 10.3. The second kappa shape index (κ2) is 5.23. The van der Waals surface area contributed by atoms with E-state index < -0.39 is 4.92 Å². The predicted molar refractivity (Wildman–Crippen MR) is 73.0 cm³/mol. The maximum atomic E-state index is 10.8. The number of methoxy groups -OCH3 is 1. The second-order valence-corrected chi connectivity index (χ2v) is 3.87. The molecule has 4 heteroatoms. The summed E-state index contributed by atoms with van der Waals surface area (Å²) in [7, 11) is 1.59. The number of ether oxygens (including phenoxy) is 1. The lowest BCUT2D eigenvalue weighted by Gasteiger charge is -2.05. The van der Waals surface area contributed by atoms with Crippen molar-refractivity contribution in [3.05, 3.63) is 58.1 Å². The summed E-state index contributed by atoms with van der Waals surface area (Å²) in [6.45, 7) is 0. The van der Waals surface area contributed by atoms with Gasteiger partial charge < -0.3 is 4.74 Å². The molecule has 0 spiro atoms. The van der Waals surface area contributed by atoms with Crippen LogP contribution >= 0.6 is 0 Å². The van der Waals surface area contributed by atoms with E-state index in [0.29, 0.717) is 0 Å². The first kappa shape index (κ1) is 12.7. The van der Waals surface area contributed by atoms with Crippen molar-refractivity contribution in [2.24, 2.45) is 0 Å². The van der Waals surface area contributed by atoms with E-state index in [0.717, 1.165) is 16.9 Å². The second-order valence-electron chi connectivity index (χ2n) is 3.87. The van der Waals surface area contributed by atoms with Gasteiger partial charge in [0.05, 0.1) is 12.0 Å². The number of benzene rings is 2. The van der Waals surface area contributed by atoms with E-state index in [9.17, 15) is 10.1 Å². The first-order valence-electron chi connectivity index (χ1n) is 5.55. The zero-order chi connectivity index (χ0) is 13.8. The molecule has 0 aromatic heterocycles. The van der Waals surface area contributed by atoms with Gasteiger partial charge in [0.2, 0.25) is 0 Å². The summed E-state index contributed by atoms with van der Waals surface area (Å²) < 4.78 is 5.15. The van der Waals surface area contributed by atoms with Crippen molar-refractivity contribution in [1.29, 1.82) is 0 Å². The molecule has 0 saturated carbocycles. The SMILES string of the molecule is C#Cc1cc(-c2cccc(OC)c2)ccc1[N+](=O)[O-]. The zero-order valence-electron chi connectivity index (χ0n) is 10.3. The molecule has 0 unspecified atom stereocenters. The van der Waals surface area contributed by atoms with Gasteiger partial charge in [-0.15, -0.1) is 6.42 Å². The van der Waals surface area contributed by atoms with Gasteiger partial charge in [-0.3, -0.25) is 10.1 Å². The van der Waals surface area contributed by atoms with Crippen molar-refractivity contribution in [3.63, 3.8) is 0 Å². The molecule has 0 aliphatic carbocycles. The molecule has 0 N–H and O–H groups in total. The molecule has 0 atom stereocenters. The standard InChI is InChI=1S/C15H11NO3/c1-3-11-9-13(7-8-15(11)16(17)18)12-5-4-6-14(10-12)19-2/h1,4-10H,2H3. The summed E-state index contributed by atoms with van der Waals surface area (Å²) in [5, 5.41) is 10.8. The highest BCUT2D eigenvalue weighted by Gasteiger charge is 2.13. The maximum Gasteiger partial charge on any atom is 0.284 e. The van der Waals surface area contributed by atoms with Crippen LogP contribution in [0.25, 0.3) is 11.1 Å². The molecule has 0 fully saturated rings. The molecule has 0 heterocycles. The summed E-state index contributed by atoms with van der Waals surface area (Å²) in [6, 6.07) is 12.2. The minimum absolute atomic E-state index is 0.0610. The number of hydrogen-bond acceptors (Lipinski definition) is 3. The Kier molecular flexibility index (Phi) is 3.48. The summed E-state index contributed by atoms with van der Waals surface area (Å²) in [5.74, 6) is 3.06. The third-order valence-corrected chi connectivity index (χ3v) is 2.75. The number of hydrogen-bond donors (Lipinski definition) is 0. The Bertz CT molecular complexity index is 671. The molecule has 0 radical (unpaired) electrons. The van der Waals surface area contributed by atoms with Crippen LogP contribution in [0.1, 0.15) is 5.56 Å². The van der Waals surface area contributed by atoms with Crippen LogP contribution in [-0.2, 0) is 0 Å². The molecule has 0 amide bonds. The fourth-order valence-corrected chi connectivity index (χ4v) is 1.79. The molecule has 19 heavy (non-hydrogen) atoms. The van der Waals surface area contributed by atoms with E-state index in [-0.39, 0.29) is 11.3 Å². The van der Waals surface area contributed by atoms with Crippen molar-refractivity contribution in [1.82, 2.24) is 0 Å². The smallest absolute Gasteiger partial charge is 0.284 e. The molecular formula is C15H11NO3. The van der Waals surface area contributed by atoms with E-state index in [4.69, 9.17) is 11.2 Å². The topological polar surface area (TPSA) is 52.4 Å². The Balaban J connectivity index is 2.52. The van der Waals surface area contributed by atoms with Gasteiger partial charge in [0.15, 0.2) is 0 Å². The monoisotopic (exact) mass is 253 g/mol. The number of nitro groups is 1. The Labute approximate surface area is 110 Å². The maximum absolute atomic E-state index is 10.8. The molecule has 0 bridgehead atoms. The quantitative estimate of drug-likeness (QED) is 0.479. The number of rotatable bonds is 3. The van der Waals surface area contributed by atoms with Crippen molar-refractivity contribution >= 4 is 5.69 Å². The number of terminal acetylenes is 1. The normalized spacial score (nSPS) is 9.68. The van der Waals surface area contributed by atoms with Gasteiger partial charge in [0.25, 0.3) is 5.69 Å². The van der Waals surface area contributed by atoms with E-state index in [1.807, 2.05) is 24.3 Å². The van der Waals surface area contributed by atoms with Gasteiger partial charge in [-0.2, -0.15) is 0 Å². The summed E-state index contributed by atoms with van der Waals surface area (Å²) >= 11 is 0. The average molecular weight is 253 g/mol. The molecule has 2 rings (SSSR count). The van der Waals surface area contributed by atoms with Gasteiger partial charge in [-0.1, -0.05) is 18.1 Å². The summed E-state index contributed by atoms with van der Waals surface area (Å²) in [6.07, 6.45) is 5.31. The fourth-order valence-electron chi connectivity index (χ4n) is 1.79. The first-order valence-corrected chi connectivity index (χ1v) is 5.55. The molecular weight excluding hydrogens is 242 g/mol. The van der Waals surface area contributed by atoms with Gasteiger partial charge in [0.1, 0.15) is 11.3 Å². The number of nitrogens with zero attached hydrogens (tertiary/aromatic N) is 1. The Hall–Kier alpha value is -2.80. The van der Waals surface area contributed by atoms with Crippen molar-refractivity contribution in [2.75, 3.05) is 7.11 Å². The van der Waals surface area contributed by atoms with Crippen LogP contribution in [0.2, 0.25) is 0 Å². The van der Waals surface area contributed by atoms with E-state index in [2.05, 4.69) is 5.92 Å². The minimum Gasteiger partial charge on any atom is -0.497 e. The van der Waals surface area contributed by atoms with Crippen molar-refractivity contribution < 1.29 is 9.66 Å². The van der Waals surface area contributed by atoms with Gasteiger partial charge in [-0.25, -0.2) is 0 Å². The Morgan fingerprint density at radius 2 is 1.95 bits per heavy atom. The molecule has 4 nitrogen and oxygen atoms in total. The van der Waals surface area contributed by atoms with Gasteiger partial charge >= 0.3 is 0 Å². The van der Waals surface area contributed by atoms with Crippen molar-refractivity contribution in [2.45, 2.75) is 0 Å². The third kappa shape index (κ3) is 2.55. The molecule has 0 aliphatic rings. The molecule has 0 saturated heterocycles. The van der Waals surface area contributed by atoms with Crippen LogP contribution in [0.5, 0.6) is 5.75 Å². The van der Waals surface area contributed by atoms with E-state index >= 15 is 0 Å². The first-order chi connectivity index (χ1) is 9.15. The van der Waals surface area contributed by atoms with Crippen LogP contribution < -0.4 is 4.74 Å². The lowest BCUT2D eigenvalue weighted by molar-refractivity contribution is -0.385. The largest absolute Gasteiger partial charge is 0.497 e. The lowest BCUT2D eigenvalue weighted by Crippen LogP contribution is -1.92. The average Bonchev–Trinajstić information content (AvgIpc) is 2.46. The van der Waals surface area contributed by atoms with E-state index in [1.165, 1.54) is 6.07 Å². The van der Waals surface area contributed by atoms with Crippen LogP contribution in [-0.4, -0.2) is 12.0 Å². The highest BCUT2D eigenvalue weighted by atomic mass is 16.6. The Morgan fingerprint density at radius 3 is 2.58 bits per heavy atom. The van der Waals surface area contributed by atoms with Crippen LogP contribution in [0.15, 0.2) is 42.5 Å². The van der Waals surface area contributed by atoms with Crippen LogP contribution in [0.3, 0.4) is 0 Å². The van der Waals surface area contributed by atoms with E-state index in [1.54, 1.807) is 19.2 Å². The van der Waals surface area contributed by atoms with Gasteiger partial charge in [-0.05, 0) is 35.4 Å². The molecule has 0 aliphatic heterocycles. The highest BCUT2D eigenvalue weighted by molar-refractivity contribution is 5.69. The van der Waals surface area contributed by atoms with Gasteiger partial charge in [0, 0.05) is 6.07 Å². The minimum atomic E-state index is -0.482. The summed E-state index contributed by atoms with van der Waals surface area (Å²) in [5.41, 5.74) is 1.92. The Morgan fingerprint density at radius 1 is 1.21 bits per heavy atom. The highest BCUT2D eigenvalue weighted by Crippen LogP contribution is 2.28. The lowest BCUT2D eigenvalue weighted by atomic mass is 10.0.